The first-order chi connectivity index (χ1) is 9.65. The predicted octanol–water partition coefficient (Wildman–Crippen LogP) is 2.67. The molecule has 0 bridgehead atoms. The van der Waals surface area contributed by atoms with Crippen LogP contribution in [0.3, 0.4) is 0 Å². The molecule has 2 aromatic carbocycles. The minimum Gasteiger partial charge on any atom is -0.508 e. The Morgan fingerprint density at radius 3 is 2.50 bits per heavy atom. The fourth-order valence-electron chi connectivity index (χ4n) is 2.25. The van der Waals surface area contributed by atoms with Gasteiger partial charge < -0.3 is 19.0 Å². The predicted molar refractivity (Wildman–Crippen MR) is 74.8 cm³/mol. The van der Waals surface area contributed by atoms with E-state index in [1.807, 2.05) is 0 Å². The number of phenols is 1. The molecule has 0 saturated heterocycles. The summed E-state index contributed by atoms with van der Waals surface area (Å²) in [6.07, 6.45) is 0. The third-order valence-corrected chi connectivity index (χ3v) is 3.16. The van der Waals surface area contributed by atoms with E-state index in [1.54, 1.807) is 18.2 Å². The van der Waals surface area contributed by atoms with Crippen LogP contribution in [-0.4, -0.2) is 19.3 Å². The van der Waals surface area contributed by atoms with Crippen molar-refractivity contribution in [2.45, 2.75) is 0 Å². The Morgan fingerprint density at radius 2 is 1.80 bits per heavy atom. The maximum absolute atomic E-state index is 12.6. The van der Waals surface area contributed by atoms with Crippen molar-refractivity contribution in [3.8, 4) is 17.2 Å². The molecule has 0 aliphatic carbocycles. The molecule has 0 saturated carbocycles. The summed E-state index contributed by atoms with van der Waals surface area (Å²) in [4.78, 5) is 12.6. The summed E-state index contributed by atoms with van der Waals surface area (Å²) < 4.78 is 16.1. The largest absolute Gasteiger partial charge is 0.508 e. The van der Waals surface area contributed by atoms with Gasteiger partial charge in [-0.3, -0.25) is 4.79 Å². The Bertz CT molecular complexity index is 863. The van der Waals surface area contributed by atoms with Gasteiger partial charge in [0, 0.05) is 0 Å². The average molecular weight is 272 g/mol. The molecule has 0 spiro atoms. The van der Waals surface area contributed by atoms with Gasteiger partial charge in [-0.2, -0.15) is 0 Å². The monoisotopic (exact) mass is 272 g/mol. The van der Waals surface area contributed by atoms with Gasteiger partial charge >= 0.3 is 0 Å². The van der Waals surface area contributed by atoms with Crippen LogP contribution in [0, 0.1) is 0 Å². The number of phenolic OH excluding ortho intramolecular Hbond substituents is 1. The number of aromatic hydroxyl groups is 1. The Labute approximate surface area is 114 Å². The Kier molecular flexibility index (Phi) is 2.75. The molecule has 1 N–H and O–H groups in total. The van der Waals surface area contributed by atoms with Gasteiger partial charge in [0.15, 0.2) is 11.5 Å². The highest BCUT2D eigenvalue weighted by molar-refractivity contribution is 5.95. The Morgan fingerprint density at radius 1 is 1.05 bits per heavy atom. The highest BCUT2D eigenvalue weighted by Gasteiger charge is 2.16. The molecule has 0 aliphatic rings. The normalized spacial score (nSPS) is 10.9. The number of hydrogen-bond donors (Lipinski definition) is 1. The van der Waals surface area contributed by atoms with Crippen molar-refractivity contribution in [1.82, 2.24) is 0 Å². The van der Waals surface area contributed by atoms with Crippen molar-refractivity contribution in [3.05, 3.63) is 40.6 Å². The maximum Gasteiger partial charge on any atom is 0.204 e. The van der Waals surface area contributed by atoms with E-state index in [1.165, 1.54) is 26.4 Å². The lowest BCUT2D eigenvalue weighted by molar-refractivity contribution is 0.358. The second-order valence-corrected chi connectivity index (χ2v) is 4.29. The van der Waals surface area contributed by atoms with Crippen LogP contribution in [0.1, 0.15) is 0 Å². The van der Waals surface area contributed by atoms with Gasteiger partial charge in [-0.05, 0) is 30.3 Å². The smallest absolute Gasteiger partial charge is 0.204 e. The zero-order valence-corrected chi connectivity index (χ0v) is 11.0. The molecule has 3 aromatic rings. The molecule has 0 fully saturated rings. The number of rotatable bonds is 2. The van der Waals surface area contributed by atoms with Gasteiger partial charge in [0.2, 0.25) is 5.43 Å². The molecule has 0 amide bonds. The molecule has 0 unspecified atom stereocenters. The first-order valence-electron chi connectivity index (χ1n) is 5.96. The number of benzene rings is 2. The highest BCUT2D eigenvalue weighted by atomic mass is 16.5. The lowest BCUT2D eigenvalue weighted by atomic mass is 10.1. The standard InChI is InChI=1S/C15H12O5/c1-18-12-6-5-11-13(15(12)19-2)14(17)9-7-8(16)3-4-10(9)20-11/h3-7,16H,1-2H3. The van der Waals surface area contributed by atoms with Gasteiger partial charge in [-0.25, -0.2) is 0 Å². The van der Waals surface area contributed by atoms with E-state index >= 15 is 0 Å². The van der Waals surface area contributed by atoms with Crippen LogP contribution in [0.15, 0.2) is 39.5 Å². The van der Waals surface area contributed by atoms with Crippen molar-refractivity contribution in [3.63, 3.8) is 0 Å². The Hall–Kier alpha value is -2.69. The molecule has 20 heavy (non-hydrogen) atoms. The van der Waals surface area contributed by atoms with Crippen LogP contribution in [0.2, 0.25) is 0 Å². The zero-order valence-electron chi connectivity index (χ0n) is 11.0. The fraction of sp³-hybridized carbons (Fsp3) is 0.133. The number of hydrogen-bond acceptors (Lipinski definition) is 5. The maximum atomic E-state index is 12.6. The van der Waals surface area contributed by atoms with Crippen LogP contribution in [0.4, 0.5) is 0 Å². The van der Waals surface area contributed by atoms with Gasteiger partial charge in [-0.1, -0.05) is 0 Å². The van der Waals surface area contributed by atoms with Crippen LogP contribution >= 0.6 is 0 Å². The summed E-state index contributed by atoms with van der Waals surface area (Å²) in [5.74, 6) is 0.779. The summed E-state index contributed by atoms with van der Waals surface area (Å²) in [6, 6.07) is 7.74. The summed E-state index contributed by atoms with van der Waals surface area (Å²) in [7, 11) is 2.96. The summed E-state index contributed by atoms with van der Waals surface area (Å²) in [6.45, 7) is 0. The van der Waals surface area contributed by atoms with Crippen molar-refractivity contribution >= 4 is 21.9 Å². The number of methoxy groups -OCH3 is 2. The first kappa shape index (κ1) is 12.3. The number of ether oxygens (including phenoxy) is 2. The molecule has 1 aromatic heterocycles. The van der Waals surface area contributed by atoms with Gasteiger partial charge in [0.1, 0.15) is 22.3 Å². The van der Waals surface area contributed by atoms with E-state index in [4.69, 9.17) is 13.9 Å². The molecule has 1 heterocycles. The molecule has 102 valence electrons. The fourth-order valence-corrected chi connectivity index (χ4v) is 2.25. The van der Waals surface area contributed by atoms with Gasteiger partial charge in [-0.15, -0.1) is 0 Å². The van der Waals surface area contributed by atoms with Crippen molar-refractivity contribution in [1.29, 1.82) is 0 Å². The molecular formula is C15H12O5. The summed E-state index contributed by atoms with van der Waals surface area (Å²) in [5.41, 5.74) is 0.547. The molecule has 0 radical (unpaired) electrons. The first-order valence-corrected chi connectivity index (χ1v) is 5.96. The molecule has 3 rings (SSSR count). The Balaban J connectivity index is 2.55. The van der Waals surface area contributed by atoms with Gasteiger partial charge in [0.05, 0.1) is 19.6 Å². The van der Waals surface area contributed by atoms with Crippen molar-refractivity contribution in [2.75, 3.05) is 14.2 Å². The van der Waals surface area contributed by atoms with E-state index in [2.05, 4.69) is 0 Å². The summed E-state index contributed by atoms with van der Waals surface area (Å²) >= 11 is 0. The van der Waals surface area contributed by atoms with Crippen molar-refractivity contribution < 1.29 is 19.0 Å². The minimum absolute atomic E-state index is 0.00557. The minimum atomic E-state index is -0.270. The van der Waals surface area contributed by atoms with Crippen LogP contribution < -0.4 is 14.9 Å². The molecule has 0 atom stereocenters. The molecular weight excluding hydrogens is 260 g/mol. The molecule has 0 aliphatic heterocycles. The quantitative estimate of drug-likeness (QED) is 0.726. The number of fused-ring (bicyclic) bond motifs is 2. The second kappa shape index (κ2) is 4.45. The molecule has 5 heteroatoms. The van der Waals surface area contributed by atoms with Crippen molar-refractivity contribution in [2.24, 2.45) is 0 Å². The van der Waals surface area contributed by atoms with E-state index in [0.29, 0.717) is 33.4 Å². The molecule has 5 nitrogen and oxygen atoms in total. The van der Waals surface area contributed by atoms with E-state index in [0.717, 1.165) is 0 Å². The van der Waals surface area contributed by atoms with Crippen LogP contribution in [0.5, 0.6) is 17.2 Å². The third-order valence-electron chi connectivity index (χ3n) is 3.16. The van der Waals surface area contributed by atoms with Crippen LogP contribution in [0.25, 0.3) is 21.9 Å². The van der Waals surface area contributed by atoms with Crippen LogP contribution in [-0.2, 0) is 0 Å². The second-order valence-electron chi connectivity index (χ2n) is 4.29. The highest BCUT2D eigenvalue weighted by Crippen LogP contribution is 2.35. The summed E-state index contributed by atoms with van der Waals surface area (Å²) in [5, 5.41) is 10.1. The zero-order chi connectivity index (χ0) is 14.3. The van der Waals surface area contributed by atoms with Gasteiger partial charge in [0.25, 0.3) is 0 Å². The topological polar surface area (TPSA) is 68.9 Å². The average Bonchev–Trinajstić information content (AvgIpc) is 2.47. The lowest BCUT2D eigenvalue weighted by Gasteiger charge is -2.10. The third kappa shape index (κ3) is 1.67. The van der Waals surface area contributed by atoms with E-state index < -0.39 is 0 Å². The lowest BCUT2D eigenvalue weighted by Crippen LogP contribution is -2.05. The SMILES string of the molecule is COc1ccc2oc3ccc(O)cc3c(=O)c2c1OC. The van der Waals surface area contributed by atoms with E-state index in [-0.39, 0.29) is 11.2 Å². The van der Waals surface area contributed by atoms with E-state index in [9.17, 15) is 9.90 Å².